The number of rotatable bonds is 6. The molecule has 5 heteroatoms. The van der Waals surface area contributed by atoms with Gasteiger partial charge in [-0.25, -0.2) is 0 Å². The van der Waals surface area contributed by atoms with Gasteiger partial charge >= 0.3 is 0 Å². The van der Waals surface area contributed by atoms with Gasteiger partial charge in [0.2, 0.25) is 5.91 Å². The van der Waals surface area contributed by atoms with Gasteiger partial charge in [0.05, 0.1) is 24.5 Å². The van der Waals surface area contributed by atoms with Crippen molar-refractivity contribution in [2.24, 2.45) is 5.92 Å². The number of nitrogen functional groups attached to an aromatic ring is 1. The number of hydrogen-bond donors (Lipinski definition) is 2. The van der Waals surface area contributed by atoms with E-state index in [1.807, 2.05) is 18.9 Å². The first-order valence-electron chi connectivity index (χ1n) is 6.79. The van der Waals surface area contributed by atoms with Crippen molar-refractivity contribution in [1.29, 1.82) is 0 Å². The molecule has 0 aliphatic rings. The average Bonchev–Trinajstić information content (AvgIpc) is 2.39. The van der Waals surface area contributed by atoms with Crippen LogP contribution in [0.5, 0.6) is 5.75 Å². The van der Waals surface area contributed by atoms with E-state index in [2.05, 4.69) is 19.2 Å². The summed E-state index contributed by atoms with van der Waals surface area (Å²) >= 11 is 0. The zero-order chi connectivity index (χ0) is 15.3. The molecule has 20 heavy (non-hydrogen) atoms. The summed E-state index contributed by atoms with van der Waals surface area (Å²) in [5.74, 6) is 1.12. The summed E-state index contributed by atoms with van der Waals surface area (Å²) in [6, 6.07) is 5.01. The van der Waals surface area contributed by atoms with E-state index >= 15 is 0 Å². The third-order valence-electron chi connectivity index (χ3n) is 3.21. The molecule has 3 N–H and O–H groups in total. The van der Waals surface area contributed by atoms with Gasteiger partial charge in [0.1, 0.15) is 5.75 Å². The minimum absolute atomic E-state index is 0.0648. The molecule has 0 heterocycles. The Kier molecular flexibility index (Phi) is 5.82. The highest BCUT2D eigenvalue weighted by molar-refractivity contribution is 5.97. The molecule has 0 fully saturated rings. The molecule has 0 saturated carbocycles. The van der Waals surface area contributed by atoms with Crippen LogP contribution in [0.25, 0.3) is 0 Å². The highest BCUT2D eigenvalue weighted by atomic mass is 16.5. The lowest BCUT2D eigenvalue weighted by Crippen LogP contribution is -2.41. The van der Waals surface area contributed by atoms with E-state index in [0.717, 1.165) is 6.54 Å². The average molecular weight is 279 g/mol. The van der Waals surface area contributed by atoms with Crippen LogP contribution in [-0.2, 0) is 4.79 Å². The van der Waals surface area contributed by atoms with Gasteiger partial charge in [0, 0.05) is 12.6 Å². The lowest BCUT2D eigenvalue weighted by molar-refractivity contribution is -0.120. The van der Waals surface area contributed by atoms with Crippen LogP contribution in [0, 0.1) is 5.92 Å². The Labute approximate surface area is 121 Å². The number of methoxy groups -OCH3 is 1. The number of amides is 1. The third kappa shape index (κ3) is 4.42. The molecule has 1 aromatic carbocycles. The molecular formula is C15H25N3O2. The number of carbonyl (C=O) groups is 1. The standard InChI is InChI=1S/C15H25N3O2/c1-10(2)9-18(4)11(3)15(19)17-14-7-6-12(20-5)8-13(14)16/h6-8,10-11H,9,16H2,1-5H3,(H,17,19). The fourth-order valence-electron chi connectivity index (χ4n) is 1.95. The summed E-state index contributed by atoms with van der Waals surface area (Å²) < 4.78 is 5.08. The van der Waals surface area contributed by atoms with Crippen LogP contribution in [0.3, 0.4) is 0 Å². The van der Waals surface area contributed by atoms with E-state index in [1.54, 1.807) is 25.3 Å². The number of nitrogens with two attached hydrogens (primary N) is 1. The fraction of sp³-hybridized carbons (Fsp3) is 0.533. The second-order valence-corrected chi connectivity index (χ2v) is 5.45. The Bertz CT molecular complexity index is 460. The van der Waals surface area contributed by atoms with Crippen molar-refractivity contribution < 1.29 is 9.53 Å². The monoisotopic (exact) mass is 279 g/mol. The van der Waals surface area contributed by atoms with E-state index in [0.29, 0.717) is 23.0 Å². The summed E-state index contributed by atoms with van der Waals surface area (Å²) in [7, 11) is 3.53. The largest absolute Gasteiger partial charge is 0.497 e. The second-order valence-electron chi connectivity index (χ2n) is 5.45. The van der Waals surface area contributed by atoms with Crippen molar-refractivity contribution in [3.05, 3.63) is 18.2 Å². The SMILES string of the molecule is COc1ccc(NC(=O)C(C)N(C)CC(C)C)c(N)c1. The highest BCUT2D eigenvalue weighted by Crippen LogP contribution is 2.24. The van der Waals surface area contributed by atoms with Gasteiger partial charge in [0.25, 0.3) is 0 Å². The predicted octanol–water partition coefficient (Wildman–Crippen LogP) is 2.19. The van der Waals surface area contributed by atoms with Crippen LogP contribution in [0.4, 0.5) is 11.4 Å². The normalized spacial score (nSPS) is 12.6. The van der Waals surface area contributed by atoms with Crippen molar-refractivity contribution in [3.8, 4) is 5.75 Å². The number of carbonyl (C=O) groups excluding carboxylic acids is 1. The number of benzene rings is 1. The van der Waals surface area contributed by atoms with Crippen molar-refractivity contribution in [1.82, 2.24) is 4.90 Å². The number of likely N-dealkylation sites (N-methyl/N-ethyl adjacent to an activating group) is 1. The Morgan fingerprint density at radius 1 is 1.40 bits per heavy atom. The Balaban J connectivity index is 2.70. The maximum absolute atomic E-state index is 12.2. The van der Waals surface area contributed by atoms with E-state index in [1.165, 1.54) is 0 Å². The molecule has 0 aliphatic heterocycles. The molecule has 0 bridgehead atoms. The summed E-state index contributed by atoms with van der Waals surface area (Å²) in [5.41, 5.74) is 7.00. The molecule has 1 amide bonds. The first kappa shape index (κ1) is 16.3. The van der Waals surface area contributed by atoms with Crippen LogP contribution < -0.4 is 15.8 Å². The Morgan fingerprint density at radius 2 is 2.05 bits per heavy atom. The molecule has 5 nitrogen and oxygen atoms in total. The van der Waals surface area contributed by atoms with E-state index in [9.17, 15) is 4.79 Å². The molecule has 0 aromatic heterocycles. The highest BCUT2D eigenvalue weighted by Gasteiger charge is 2.19. The van der Waals surface area contributed by atoms with Crippen LogP contribution in [-0.4, -0.2) is 37.6 Å². The third-order valence-corrected chi connectivity index (χ3v) is 3.21. The van der Waals surface area contributed by atoms with Crippen LogP contribution in [0.15, 0.2) is 18.2 Å². The lowest BCUT2D eigenvalue weighted by atomic mass is 10.1. The maximum atomic E-state index is 12.2. The first-order valence-corrected chi connectivity index (χ1v) is 6.79. The minimum atomic E-state index is -0.209. The van der Waals surface area contributed by atoms with Crippen LogP contribution in [0.2, 0.25) is 0 Å². The minimum Gasteiger partial charge on any atom is -0.497 e. The topological polar surface area (TPSA) is 67.6 Å². The van der Waals surface area contributed by atoms with Crippen LogP contribution in [0.1, 0.15) is 20.8 Å². The maximum Gasteiger partial charge on any atom is 0.241 e. The number of nitrogens with one attached hydrogen (secondary N) is 1. The summed E-state index contributed by atoms with van der Waals surface area (Å²) in [6.07, 6.45) is 0. The second kappa shape index (κ2) is 7.14. The Hall–Kier alpha value is -1.75. The molecule has 0 saturated heterocycles. The van der Waals surface area contributed by atoms with Gasteiger partial charge in [-0.2, -0.15) is 0 Å². The zero-order valence-corrected chi connectivity index (χ0v) is 12.9. The predicted molar refractivity (Wildman–Crippen MR) is 83.0 cm³/mol. The quantitative estimate of drug-likeness (QED) is 0.783. The van der Waals surface area contributed by atoms with Gasteiger partial charge in [0.15, 0.2) is 0 Å². The van der Waals surface area contributed by atoms with E-state index in [4.69, 9.17) is 10.5 Å². The number of anilines is 2. The molecule has 0 spiro atoms. The Morgan fingerprint density at radius 3 is 2.55 bits per heavy atom. The van der Waals surface area contributed by atoms with Crippen LogP contribution >= 0.6 is 0 Å². The van der Waals surface area contributed by atoms with Gasteiger partial charge < -0.3 is 15.8 Å². The molecule has 1 rings (SSSR count). The van der Waals surface area contributed by atoms with Gasteiger partial charge in [-0.1, -0.05) is 13.8 Å². The summed E-state index contributed by atoms with van der Waals surface area (Å²) in [6.45, 7) is 7.01. The summed E-state index contributed by atoms with van der Waals surface area (Å²) in [4.78, 5) is 14.2. The fourth-order valence-corrected chi connectivity index (χ4v) is 1.95. The van der Waals surface area contributed by atoms with E-state index in [-0.39, 0.29) is 11.9 Å². The lowest BCUT2D eigenvalue weighted by Gasteiger charge is -2.25. The van der Waals surface area contributed by atoms with Crippen molar-refractivity contribution >= 4 is 17.3 Å². The molecule has 1 unspecified atom stereocenters. The number of hydrogen-bond acceptors (Lipinski definition) is 4. The molecule has 112 valence electrons. The number of ether oxygens (including phenoxy) is 1. The number of nitrogens with zero attached hydrogens (tertiary/aromatic N) is 1. The van der Waals surface area contributed by atoms with Gasteiger partial charge in [-0.3, -0.25) is 9.69 Å². The molecule has 0 radical (unpaired) electrons. The molecule has 0 aliphatic carbocycles. The van der Waals surface area contributed by atoms with E-state index < -0.39 is 0 Å². The first-order chi connectivity index (χ1) is 9.35. The van der Waals surface area contributed by atoms with Crippen molar-refractivity contribution in [3.63, 3.8) is 0 Å². The zero-order valence-electron chi connectivity index (χ0n) is 12.9. The van der Waals surface area contributed by atoms with Crippen molar-refractivity contribution in [2.75, 3.05) is 31.8 Å². The molecular weight excluding hydrogens is 254 g/mol. The molecule has 1 aromatic rings. The molecule has 1 atom stereocenters. The van der Waals surface area contributed by atoms with Crippen molar-refractivity contribution in [2.45, 2.75) is 26.8 Å². The smallest absolute Gasteiger partial charge is 0.241 e. The summed E-state index contributed by atoms with van der Waals surface area (Å²) in [5, 5.41) is 2.85. The van der Waals surface area contributed by atoms with Gasteiger partial charge in [-0.05, 0) is 32.0 Å². The van der Waals surface area contributed by atoms with Gasteiger partial charge in [-0.15, -0.1) is 0 Å².